The van der Waals surface area contributed by atoms with Crippen LogP contribution < -0.4 is 0 Å². The molecule has 1 saturated heterocycles. The van der Waals surface area contributed by atoms with Crippen molar-refractivity contribution in [1.82, 2.24) is 4.90 Å². The SMILES string of the molecule is CN1CCOC(=O)C1=NOS(=O)(=O)Cc1ccccc1. The standard InChI is InChI=1S/C12H14N2O5S/c1-14-7-8-18-12(15)11(14)13-19-20(16,17)9-10-5-3-2-4-6-10/h2-6H,7-9H2,1H3. The molecule has 1 fully saturated rings. The number of carbonyl (C=O) groups is 1. The van der Waals surface area contributed by atoms with Gasteiger partial charge < -0.3 is 9.64 Å². The van der Waals surface area contributed by atoms with Gasteiger partial charge in [-0.15, -0.1) is 0 Å². The molecule has 1 aliphatic heterocycles. The fraction of sp³-hybridized carbons (Fsp3) is 0.333. The number of hydrogen-bond donors (Lipinski definition) is 0. The minimum Gasteiger partial charge on any atom is -0.458 e. The summed E-state index contributed by atoms with van der Waals surface area (Å²) in [6.07, 6.45) is 0. The Morgan fingerprint density at radius 3 is 2.70 bits per heavy atom. The number of rotatable bonds is 4. The van der Waals surface area contributed by atoms with Crippen LogP contribution in [0.15, 0.2) is 35.5 Å². The van der Waals surface area contributed by atoms with E-state index in [2.05, 4.69) is 9.44 Å². The van der Waals surface area contributed by atoms with Crippen molar-refractivity contribution in [2.45, 2.75) is 5.75 Å². The van der Waals surface area contributed by atoms with E-state index in [0.717, 1.165) is 0 Å². The number of likely N-dealkylation sites (N-methyl/N-ethyl adjacent to an activating group) is 1. The number of hydrogen-bond acceptors (Lipinski definition) is 6. The van der Waals surface area contributed by atoms with E-state index in [1.54, 1.807) is 37.4 Å². The zero-order valence-corrected chi connectivity index (χ0v) is 11.7. The zero-order chi connectivity index (χ0) is 14.6. The van der Waals surface area contributed by atoms with E-state index in [1.165, 1.54) is 4.90 Å². The van der Waals surface area contributed by atoms with Gasteiger partial charge in [0, 0.05) is 7.05 Å². The highest BCUT2D eigenvalue weighted by molar-refractivity contribution is 7.85. The number of nitrogens with zero attached hydrogens (tertiary/aromatic N) is 2. The summed E-state index contributed by atoms with van der Waals surface area (Å²) in [6, 6.07) is 8.56. The van der Waals surface area contributed by atoms with Crippen LogP contribution in [-0.4, -0.2) is 45.3 Å². The van der Waals surface area contributed by atoms with Gasteiger partial charge in [-0.1, -0.05) is 30.3 Å². The number of ether oxygens (including phenoxy) is 1. The molecule has 7 nitrogen and oxygen atoms in total. The third kappa shape index (κ3) is 3.70. The summed E-state index contributed by atoms with van der Waals surface area (Å²) >= 11 is 0. The molecule has 1 heterocycles. The first-order valence-electron chi connectivity index (χ1n) is 5.89. The first-order valence-corrected chi connectivity index (χ1v) is 7.47. The van der Waals surface area contributed by atoms with Crippen LogP contribution in [0.3, 0.4) is 0 Å². The van der Waals surface area contributed by atoms with E-state index in [4.69, 9.17) is 4.74 Å². The number of amidine groups is 1. The zero-order valence-electron chi connectivity index (χ0n) is 10.9. The van der Waals surface area contributed by atoms with Crippen molar-refractivity contribution in [2.24, 2.45) is 5.16 Å². The van der Waals surface area contributed by atoms with Crippen molar-refractivity contribution >= 4 is 21.9 Å². The smallest absolute Gasteiger partial charge is 0.377 e. The molecule has 0 aliphatic carbocycles. The van der Waals surface area contributed by atoms with Crippen molar-refractivity contribution in [1.29, 1.82) is 0 Å². The molecule has 0 atom stereocenters. The molecule has 20 heavy (non-hydrogen) atoms. The third-order valence-corrected chi connectivity index (χ3v) is 3.62. The quantitative estimate of drug-likeness (QED) is 0.588. The van der Waals surface area contributed by atoms with Gasteiger partial charge in [0.15, 0.2) is 0 Å². The van der Waals surface area contributed by atoms with Crippen molar-refractivity contribution in [3.8, 4) is 0 Å². The molecular weight excluding hydrogens is 284 g/mol. The monoisotopic (exact) mass is 298 g/mol. The van der Waals surface area contributed by atoms with Gasteiger partial charge in [-0.3, -0.25) is 4.28 Å². The van der Waals surface area contributed by atoms with Gasteiger partial charge in [0.25, 0.3) is 5.84 Å². The first kappa shape index (κ1) is 14.3. The maximum atomic E-state index is 11.8. The number of benzene rings is 1. The van der Waals surface area contributed by atoms with E-state index in [-0.39, 0.29) is 18.2 Å². The topological polar surface area (TPSA) is 85.3 Å². The van der Waals surface area contributed by atoms with Crippen LogP contribution in [0, 0.1) is 0 Å². The van der Waals surface area contributed by atoms with Crippen LogP contribution in [-0.2, 0) is 29.7 Å². The van der Waals surface area contributed by atoms with Crippen molar-refractivity contribution in [2.75, 3.05) is 20.2 Å². The molecule has 1 aliphatic rings. The summed E-state index contributed by atoms with van der Waals surface area (Å²) in [7, 11) is -2.30. The largest absolute Gasteiger partial charge is 0.458 e. The normalized spacial score (nSPS) is 17.9. The summed E-state index contributed by atoms with van der Waals surface area (Å²) in [5.74, 6) is -1.18. The van der Waals surface area contributed by atoms with Gasteiger partial charge in [0.05, 0.1) is 6.54 Å². The minimum absolute atomic E-state index is 0.159. The molecule has 1 aromatic carbocycles. The highest BCUT2D eigenvalue weighted by Crippen LogP contribution is 2.09. The Hall–Kier alpha value is -2.09. The summed E-state index contributed by atoms with van der Waals surface area (Å²) in [5.41, 5.74) is 0.576. The summed E-state index contributed by atoms with van der Waals surface area (Å²) in [6.45, 7) is 0.678. The molecule has 0 unspecified atom stereocenters. The molecule has 0 aromatic heterocycles. The lowest BCUT2D eigenvalue weighted by molar-refractivity contribution is -0.138. The second kappa shape index (κ2) is 5.91. The Kier molecular flexibility index (Phi) is 4.23. The lowest BCUT2D eigenvalue weighted by atomic mass is 10.2. The Bertz CT molecular complexity index is 612. The predicted molar refractivity (Wildman–Crippen MR) is 71.2 cm³/mol. The summed E-state index contributed by atoms with van der Waals surface area (Å²) in [5, 5.41) is 3.39. The maximum Gasteiger partial charge on any atom is 0.377 e. The lowest BCUT2D eigenvalue weighted by Crippen LogP contribution is -2.42. The minimum atomic E-state index is -3.90. The van der Waals surface area contributed by atoms with Crippen molar-refractivity contribution < 1.29 is 22.2 Å². The van der Waals surface area contributed by atoms with Crippen LogP contribution in [0.4, 0.5) is 0 Å². The average Bonchev–Trinajstić information content (AvgIpc) is 2.38. The van der Waals surface area contributed by atoms with Crippen LogP contribution in [0.2, 0.25) is 0 Å². The fourth-order valence-electron chi connectivity index (χ4n) is 1.61. The molecule has 0 N–H and O–H groups in total. The van der Waals surface area contributed by atoms with Gasteiger partial charge in [-0.05, 0) is 10.7 Å². The van der Waals surface area contributed by atoms with Crippen LogP contribution in [0.5, 0.6) is 0 Å². The van der Waals surface area contributed by atoms with E-state index >= 15 is 0 Å². The molecule has 8 heteroatoms. The molecule has 0 bridgehead atoms. The second-order valence-electron chi connectivity index (χ2n) is 4.23. The lowest BCUT2D eigenvalue weighted by Gasteiger charge is -2.23. The molecule has 0 radical (unpaired) electrons. The molecular formula is C12H14N2O5S. The predicted octanol–water partition coefficient (Wildman–Crippen LogP) is 0.335. The number of cyclic esters (lactones) is 1. The van der Waals surface area contributed by atoms with Crippen molar-refractivity contribution in [3.05, 3.63) is 35.9 Å². The molecule has 108 valence electrons. The Balaban J connectivity index is 2.07. The van der Waals surface area contributed by atoms with Crippen LogP contribution in [0.25, 0.3) is 0 Å². The van der Waals surface area contributed by atoms with Gasteiger partial charge in [-0.2, -0.15) is 8.42 Å². The molecule has 2 rings (SSSR count). The van der Waals surface area contributed by atoms with Gasteiger partial charge >= 0.3 is 16.1 Å². The van der Waals surface area contributed by atoms with E-state index in [9.17, 15) is 13.2 Å². The molecule has 0 saturated carbocycles. The van der Waals surface area contributed by atoms with E-state index in [1.807, 2.05) is 0 Å². The Morgan fingerprint density at radius 2 is 2.05 bits per heavy atom. The van der Waals surface area contributed by atoms with Crippen LogP contribution in [0.1, 0.15) is 5.56 Å². The number of morpholine rings is 1. The highest BCUT2D eigenvalue weighted by Gasteiger charge is 2.25. The number of carbonyl (C=O) groups excluding carboxylic acids is 1. The van der Waals surface area contributed by atoms with Gasteiger partial charge in [0.2, 0.25) is 0 Å². The molecule has 1 aromatic rings. The number of esters is 1. The Labute approximate surface area is 116 Å². The first-order chi connectivity index (χ1) is 9.48. The second-order valence-corrected chi connectivity index (χ2v) is 5.79. The number of oxime groups is 1. The van der Waals surface area contributed by atoms with E-state index < -0.39 is 16.1 Å². The third-order valence-electron chi connectivity index (χ3n) is 2.63. The van der Waals surface area contributed by atoms with Gasteiger partial charge in [0.1, 0.15) is 12.4 Å². The van der Waals surface area contributed by atoms with E-state index in [0.29, 0.717) is 12.1 Å². The van der Waals surface area contributed by atoms with Crippen molar-refractivity contribution in [3.63, 3.8) is 0 Å². The van der Waals surface area contributed by atoms with Gasteiger partial charge in [-0.25, -0.2) is 4.79 Å². The summed E-state index contributed by atoms with van der Waals surface area (Å²) < 4.78 is 32.8. The summed E-state index contributed by atoms with van der Waals surface area (Å²) in [4.78, 5) is 12.9. The fourth-order valence-corrected chi connectivity index (χ4v) is 2.44. The Morgan fingerprint density at radius 1 is 1.35 bits per heavy atom. The molecule has 0 spiro atoms. The highest BCUT2D eigenvalue weighted by atomic mass is 32.2. The maximum absolute atomic E-state index is 11.8. The molecule has 0 amide bonds. The van der Waals surface area contributed by atoms with Crippen LogP contribution >= 0.6 is 0 Å². The average molecular weight is 298 g/mol.